The molecule has 5 heteroatoms. The number of ether oxygens (including phenoxy) is 1. The van der Waals surface area contributed by atoms with Crippen LogP contribution in [0.2, 0.25) is 0 Å². The maximum atomic E-state index is 12.2. The van der Waals surface area contributed by atoms with Gasteiger partial charge in [-0.15, -0.1) is 0 Å². The number of rotatable bonds is 3. The van der Waals surface area contributed by atoms with Crippen LogP contribution < -0.4 is 10.1 Å². The lowest BCUT2D eigenvalue weighted by Gasteiger charge is -2.21. The number of hydrogen-bond acceptors (Lipinski definition) is 4. The van der Waals surface area contributed by atoms with Gasteiger partial charge in [0.1, 0.15) is 0 Å². The van der Waals surface area contributed by atoms with E-state index < -0.39 is 0 Å². The highest BCUT2D eigenvalue weighted by atomic mass is 16.5. The van der Waals surface area contributed by atoms with Crippen molar-refractivity contribution in [3.8, 4) is 6.01 Å². The summed E-state index contributed by atoms with van der Waals surface area (Å²) < 4.78 is 5.02. The van der Waals surface area contributed by atoms with E-state index in [1.165, 1.54) is 13.5 Å². The predicted octanol–water partition coefficient (Wildman–Crippen LogP) is 2.62. The Kier molecular flexibility index (Phi) is 4.35. The van der Waals surface area contributed by atoms with Gasteiger partial charge in [0.15, 0.2) is 0 Å². The Morgan fingerprint density at radius 2 is 1.74 bits per heavy atom. The summed E-state index contributed by atoms with van der Waals surface area (Å²) in [4.78, 5) is 20.6. The van der Waals surface area contributed by atoms with Crippen molar-refractivity contribution >= 4 is 11.6 Å². The van der Waals surface area contributed by atoms with Crippen molar-refractivity contribution in [2.24, 2.45) is 5.92 Å². The second-order valence-corrected chi connectivity index (χ2v) is 5.08. The average molecular weight is 263 g/mol. The first-order valence-electron chi connectivity index (χ1n) is 6.82. The highest BCUT2D eigenvalue weighted by Gasteiger charge is 2.22. The van der Waals surface area contributed by atoms with Crippen LogP contribution in [0.5, 0.6) is 6.01 Å². The molecule has 1 aliphatic carbocycles. The van der Waals surface area contributed by atoms with Crippen LogP contribution in [0.1, 0.15) is 43.5 Å². The number of nitrogens with zero attached hydrogens (tertiary/aromatic N) is 2. The van der Waals surface area contributed by atoms with Gasteiger partial charge in [-0.2, -0.15) is 9.97 Å². The molecule has 0 atom stereocenters. The number of carbonyl (C=O) groups excluding carboxylic acids is 1. The van der Waals surface area contributed by atoms with Crippen molar-refractivity contribution < 1.29 is 9.53 Å². The molecule has 1 N–H and O–H groups in total. The molecule has 5 nitrogen and oxygen atoms in total. The van der Waals surface area contributed by atoms with E-state index >= 15 is 0 Å². The summed E-state index contributed by atoms with van der Waals surface area (Å²) in [6.45, 7) is 3.71. The van der Waals surface area contributed by atoms with Crippen molar-refractivity contribution in [3.05, 3.63) is 11.4 Å². The van der Waals surface area contributed by atoms with Crippen LogP contribution in [0, 0.1) is 19.8 Å². The fraction of sp³-hybridized carbons (Fsp3) is 0.643. The second kappa shape index (κ2) is 5.99. The van der Waals surface area contributed by atoms with Gasteiger partial charge in [0.2, 0.25) is 5.91 Å². The summed E-state index contributed by atoms with van der Waals surface area (Å²) in [6.07, 6.45) is 5.51. The Morgan fingerprint density at radius 1 is 1.16 bits per heavy atom. The molecule has 0 bridgehead atoms. The quantitative estimate of drug-likeness (QED) is 0.910. The standard InChI is InChI=1S/C14H21N3O2/c1-9-12(10(2)16-14(15-9)19-3)17-13(18)11-7-5-4-6-8-11/h11H,4-8H2,1-3H3,(H,17,18). The van der Waals surface area contributed by atoms with Gasteiger partial charge in [0.25, 0.3) is 0 Å². The van der Waals surface area contributed by atoms with Gasteiger partial charge in [0.05, 0.1) is 24.2 Å². The molecule has 1 fully saturated rings. The van der Waals surface area contributed by atoms with E-state index in [0.717, 1.165) is 42.8 Å². The van der Waals surface area contributed by atoms with E-state index in [1.54, 1.807) is 0 Å². The van der Waals surface area contributed by atoms with Crippen LogP contribution in [0.15, 0.2) is 0 Å². The number of anilines is 1. The average Bonchev–Trinajstić information content (AvgIpc) is 2.43. The Morgan fingerprint density at radius 3 is 2.26 bits per heavy atom. The zero-order chi connectivity index (χ0) is 13.8. The predicted molar refractivity (Wildman–Crippen MR) is 73.3 cm³/mol. The van der Waals surface area contributed by atoms with E-state index in [2.05, 4.69) is 15.3 Å². The van der Waals surface area contributed by atoms with Crippen LogP contribution in [0.25, 0.3) is 0 Å². The molecule has 0 saturated heterocycles. The topological polar surface area (TPSA) is 64.1 Å². The third-order valence-corrected chi connectivity index (χ3v) is 3.66. The fourth-order valence-corrected chi connectivity index (χ4v) is 2.55. The highest BCUT2D eigenvalue weighted by molar-refractivity contribution is 5.93. The van der Waals surface area contributed by atoms with Crippen LogP contribution in [-0.4, -0.2) is 23.0 Å². The monoisotopic (exact) mass is 263 g/mol. The molecule has 19 heavy (non-hydrogen) atoms. The number of aromatic nitrogens is 2. The zero-order valence-corrected chi connectivity index (χ0v) is 11.8. The van der Waals surface area contributed by atoms with Crippen molar-refractivity contribution in [1.29, 1.82) is 0 Å². The third kappa shape index (κ3) is 3.22. The Hall–Kier alpha value is -1.65. The van der Waals surface area contributed by atoms with E-state index in [9.17, 15) is 4.79 Å². The number of aryl methyl sites for hydroxylation is 2. The van der Waals surface area contributed by atoms with Gasteiger partial charge in [-0.25, -0.2) is 0 Å². The number of hydrogen-bond donors (Lipinski definition) is 1. The lowest BCUT2D eigenvalue weighted by atomic mass is 9.88. The SMILES string of the molecule is COc1nc(C)c(NC(=O)C2CCCCC2)c(C)n1. The lowest BCUT2D eigenvalue weighted by Crippen LogP contribution is -2.25. The van der Waals surface area contributed by atoms with E-state index in [-0.39, 0.29) is 11.8 Å². The lowest BCUT2D eigenvalue weighted by molar-refractivity contribution is -0.120. The van der Waals surface area contributed by atoms with Gasteiger partial charge in [-0.3, -0.25) is 4.79 Å². The maximum Gasteiger partial charge on any atom is 0.316 e. The number of methoxy groups -OCH3 is 1. The summed E-state index contributed by atoms with van der Waals surface area (Å²) >= 11 is 0. The molecule has 0 spiro atoms. The van der Waals surface area contributed by atoms with Gasteiger partial charge >= 0.3 is 6.01 Å². The van der Waals surface area contributed by atoms with E-state index in [1.807, 2.05) is 13.8 Å². The molecule has 104 valence electrons. The van der Waals surface area contributed by atoms with E-state index in [4.69, 9.17) is 4.74 Å². The Bertz CT molecular complexity index is 445. The van der Waals surface area contributed by atoms with Crippen molar-refractivity contribution in [2.75, 3.05) is 12.4 Å². The largest absolute Gasteiger partial charge is 0.467 e. The van der Waals surface area contributed by atoms with Crippen molar-refractivity contribution in [3.63, 3.8) is 0 Å². The zero-order valence-electron chi connectivity index (χ0n) is 11.8. The summed E-state index contributed by atoms with van der Waals surface area (Å²) in [6, 6.07) is 0.339. The summed E-state index contributed by atoms with van der Waals surface area (Å²) in [7, 11) is 1.54. The van der Waals surface area contributed by atoms with Gasteiger partial charge in [-0.05, 0) is 26.7 Å². The van der Waals surface area contributed by atoms with Crippen LogP contribution in [-0.2, 0) is 4.79 Å². The highest BCUT2D eigenvalue weighted by Crippen LogP contribution is 2.26. The molecule has 2 rings (SSSR count). The minimum absolute atomic E-state index is 0.0969. The molecule has 1 amide bonds. The summed E-state index contributed by atoms with van der Waals surface area (Å²) in [5, 5.41) is 2.98. The fourth-order valence-electron chi connectivity index (χ4n) is 2.55. The molecule has 1 heterocycles. The molecular formula is C14H21N3O2. The van der Waals surface area contributed by atoms with Gasteiger partial charge < -0.3 is 10.1 Å². The Balaban J connectivity index is 2.12. The number of carbonyl (C=O) groups is 1. The molecule has 0 unspecified atom stereocenters. The summed E-state index contributed by atoms with van der Waals surface area (Å²) in [5.74, 6) is 0.231. The molecule has 0 aliphatic heterocycles. The molecule has 1 aliphatic rings. The first kappa shape index (κ1) is 13.8. The van der Waals surface area contributed by atoms with Crippen LogP contribution in [0.3, 0.4) is 0 Å². The Labute approximate surface area is 113 Å². The molecular weight excluding hydrogens is 242 g/mol. The van der Waals surface area contributed by atoms with Gasteiger partial charge in [-0.1, -0.05) is 19.3 Å². The van der Waals surface area contributed by atoms with Crippen LogP contribution >= 0.6 is 0 Å². The van der Waals surface area contributed by atoms with E-state index in [0.29, 0.717) is 6.01 Å². The summed E-state index contributed by atoms with van der Waals surface area (Å²) in [5.41, 5.74) is 2.21. The second-order valence-electron chi connectivity index (χ2n) is 5.08. The molecule has 1 aromatic heterocycles. The molecule has 0 radical (unpaired) electrons. The molecule has 1 aromatic rings. The minimum Gasteiger partial charge on any atom is -0.467 e. The smallest absolute Gasteiger partial charge is 0.316 e. The number of nitrogens with one attached hydrogen (secondary N) is 1. The first-order chi connectivity index (χ1) is 9.11. The maximum absolute atomic E-state index is 12.2. The van der Waals surface area contributed by atoms with Gasteiger partial charge in [0, 0.05) is 5.92 Å². The normalized spacial score (nSPS) is 16.2. The third-order valence-electron chi connectivity index (χ3n) is 3.66. The van der Waals surface area contributed by atoms with Crippen molar-refractivity contribution in [2.45, 2.75) is 46.0 Å². The minimum atomic E-state index is 0.0969. The molecule has 1 saturated carbocycles. The molecule has 0 aromatic carbocycles. The number of amides is 1. The van der Waals surface area contributed by atoms with Crippen molar-refractivity contribution in [1.82, 2.24) is 9.97 Å². The van der Waals surface area contributed by atoms with Crippen LogP contribution in [0.4, 0.5) is 5.69 Å². The first-order valence-corrected chi connectivity index (χ1v) is 6.82.